The first-order valence-electron chi connectivity index (χ1n) is 2.73. The maximum absolute atomic E-state index is 9.61. The molecule has 0 N–H and O–H groups in total. The molecule has 0 aliphatic heterocycles. The van der Waals surface area contributed by atoms with Crippen molar-refractivity contribution in [2.45, 2.75) is 13.5 Å². The van der Waals surface area contributed by atoms with Crippen LogP contribution in [-0.4, -0.2) is 11.5 Å². The molecule has 3 nitrogen and oxygen atoms in total. The van der Waals surface area contributed by atoms with Crippen LogP contribution in [0.5, 0.6) is 0 Å². The summed E-state index contributed by atoms with van der Waals surface area (Å²) in [6, 6.07) is 0. The van der Waals surface area contributed by atoms with E-state index < -0.39 is 0 Å². The lowest BCUT2D eigenvalue weighted by Gasteiger charge is -1.88. The third-order valence-electron chi connectivity index (χ3n) is 0.946. The number of carbonyl (C=O) groups excluding carboxylic acids is 1. The van der Waals surface area contributed by atoms with E-state index in [0.29, 0.717) is 0 Å². The molecule has 0 spiro atoms. The van der Waals surface area contributed by atoms with Crippen LogP contribution in [0.15, 0.2) is 5.38 Å². The fourth-order valence-electron chi connectivity index (χ4n) is 0.578. The molecular formula is C6H6NO2S. The second-order valence-electron chi connectivity index (χ2n) is 1.73. The fraction of sp³-hybridized carbons (Fsp3) is 0.333. The second kappa shape index (κ2) is 3.31. The number of aromatic nitrogens is 1. The lowest BCUT2D eigenvalue weighted by molar-refractivity contribution is 0.263. The zero-order valence-corrected chi connectivity index (χ0v) is 6.27. The minimum atomic E-state index is 0.230. The average molecular weight is 156 g/mol. The van der Waals surface area contributed by atoms with Gasteiger partial charge in [-0.2, -0.15) is 0 Å². The van der Waals surface area contributed by atoms with Gasteiger partial charge in [-0.25, -0.2) is 9.78 Å². The Hall–Kier alpha value is -0.900. The topological polar surface area (TPSA) is 39.2 Å². The van der Waals surface area contributed by atoms with Crippen molar-refractivity contribution in [1.29, 1.82) is 0 Å². The molecule has 0 amide bonds. The average Bonchev–Trinajstić information content (AvgIpc) is 2.31. The molecule has 0 unspecified atom stereocenters. The van der Waals surface area contributed by atoms with Gasteiger partial charge in [0.15, 0.2) is 0 Å². The molecule has 0 atom stereocenters. The van der Waals surface area contributed by atoms with E-state index in [0.717, 1.165) is 10.7 Å². The van der Waals surface area contributed by atoms with Crippen LogP contribution in [0, 0.1) is 6.92 Å². The Balaban J connectivity index is 2.49. The molecular weight excluding hydrogens is 150 g/mol. The molecule has 0 saturated heterocycles. The molecule has 0 aliphatic carbocycles. The Morgan fingerprint density at radius 2 is 2.70 bits per heavy atom. The standard InChI is InChI=1S/C6H6NO2S/c1-5-7-6(3-10-5)2-9-4-8/h3H,2H2,1H3. The molecule has 1 heterocycles. The summed E-state index contributed by atoms with van der Waals surface area (Å²) < 4.78 is 4.37. The van der Waals surface area contributed by atoms with E-state index in [4.69, 9.17) is 0 Å². The molecule has 1 aromatic heterocycles. The number of rotatable bonds is 3. The van der Waals surface area contributed by atoms with Crippen LogP contribution in [-0.2, 0) is 16.1 Å². The minimum absolute atomic E-state index is 0.230. The molecule has 1 rings (SSSR count). The summed E-state index contributed by atoms with van der Waals surface area (Å²) in [6.45, 7) is 3.47. The summed E-state index contributed by atoms with van der Waals surface area (Å²) >= 11 is 1.53. The molecule has 0 saturated carbocycles. The monoisotopic (exact) mass is 156 g/mol. The van der Waals surface area contributed by atoms with Crippen molar-refractivity contribution in [1.82, 2.24) is 4.98 Å². The van der Waals surface area contributed by atoms with Crippen molar-refractivity contribution in [3.63, 3.8) is 0 Å². The highest BCUT2D eigenvalue weighted by atomic mass is 32.1. The van der Waals surface area contributed by atoms with Crippen LogP contribution in [0.1, 0.15) is 10.7 Å². The highest BCUT2D eigenvalue weighted by molar-refractivity contribution is 7.09. The van der Waals surface area contributed by atoms with Gasteiger partial charge >= 0.3 is 6.47 Å². The summed E-state index contributed by atoms with van der Waals surface area (Å²) in [4.78, 5) is 13.7. The predicted octanol–water partition coefficient (Wildman–Crippen LogP) is 1.04. The Morgan fingerprint density at radius 1 is 1.90 bits per heavy atom. The number of nitrogens with zero attached hydrogens (tertiary/aromatic N) is 1. The highest BCUT2D eigenvalue weighted by Gasteiger charge is 1.96. The van der Waals surface area contributed by atoms with Gasteiger partial charge in [0.1, 0.15) is 6.61 Å². The molecule has 53 valence electrons. The Kier molecular flexibility index (Phi) is 2.39. The maximum Gasteiger partial charge on any atom is 0.417 e. The first-order chi connectivity index (χ1) is 4.83. The normalized spacial score (nSPS) is 9.30. The number of aryl methyl sites for hydroxylation is 1. The Bertz CT molecular complexity index is 221. The third-order valence-corrected chi connectivity index (χ3v) is 1.77. The summed E-state index contributed by atoms with van der Waals surface area (Å²) in [5.41, 5.74) is 0.783. The zero-order chi connectivity index (χ0) is 7.40. The molecule has 0 aliphatic rings. The van der Waals surface area contributed by atoms with Gasteiger partial charge < -0.3 is 4.74 Å². The summed E-state index contributed by atoms with van der Waals surface area (Å²) in [5, 5.41) is 2.83. The van der Waals surface area contributed by atoms with Gasteiger partial charge in [-0.1, -0.05) is 0 Å². The Labute approximate surface area is 62.7 Å². The summed E-state index contributed by atoms with van der Waals surface area (Å²) in [5.74, 6) is 0. The first kappa shape index (κ1) is 7.21. The van der Waals surface area contributed by atoms with Gasteiger partial charge in [0.25, 0.3) is 0 Å². The maximum atomic E-state index is 9.61. The lowest BCUT2D eigenvalue weighted by atomic mass is 10.5. The van der Waals surface area contributed by atoms with Crippen LogP contribution >= 0.6 is 11.3 Å². The number of hydrogen-bond donors (Lipinski definition) is 0. The molecule has 10 heavy (non-hydrogen) atoms. The molecule has 4 heteroatoms. The van der Waals surface area contributed by atoms with Gasteiger partial charge in [0, 0.05) is 5.38 Å². The minimum Gasteiger partial charge on any atom is -0.451 e. The quantitative estimate of drug-likeness (QED) is 0.656. The van der Waals surface area contributed by atoms with Gasteiger partial charge in [-0.3, -0.25) is 0 Å². The predicted molar refractivity (Wildman–Crippen MR) is 37.3 cm³/mol. The fourth-order valence-corrected chi connectivity index (χ4v) is 1.18. The van der Waals surface area contributed by atoms with Crippen LogP contribution in [0.3, 0.4) is 0 Å². The van der Waals surface area contributed by atoms with E-state index in [1.54, 1.807) is 0 Å². The SMILES string of the molecule is Cc1nc(CO[C]=O)cs1. The van der Waals surface area contributed by atoms with Gasteiger partial charge in [0.05, 0.1) is 10.7 Å². The van der Waals surface area contributed by atoms with Crippen molar-refractivity contribution < 1.29 is 9.53 Å². The number of hydrogen-bond acceptors (Lipinski definition) is 4. The van der Waals surface area contributed by atoms with Crippen LogP contribution in [0.2, 0.25) is 0 Å². The third kappa shape index (κ3) is 1.80. The van der Waals surface area contributed by atoms with Crippen molar-refractivity contribution in [3.05, 3.63) is 16.1 Å². The molecule has 1 aromatic rings. The lowest BCUT2D eigenvalue weighted by Crippen LogP contribution is -1.89. The van der Waals surface area contributed by atoms with Gasteiger partial charge in [-0.05, 0) is 6.92 Å². The number of thiazole rings is 1. The van der Waals surface area contributed by atoms with Crippen molar-refractivity contribution in [2.75, 3.05) is 0 Å². The van der Waals surface area contributed by atoms with Crippen LogP contribution in [0.4, 0.5) is 0 Å². The summed E-state index contributed by atoms with van der Waals surface area (Å²) in [6.07, 6.45) is 0. The van der Waals surface area contributed by atoms with E-state index >= 15 is 0 Å². The van der Waals surface area contributed by atoms with Crippen molar-refractivity contribution in [2.24, 2.45) is 0 Å². The Morgan fingerprint density at radius 3 is 3.20 bits per heavy atom. The highest BCUT2D eigenvalue weighted by Crippen LogP contribution is 2.07. The van der Waals surface area contributed by atoms with Crippen molar-refractivity contribution >= 4 is 17.8 Å². The van der Waals surface area contributed by atoms with E-state index in [9.17, 15) is 4.79 Å². The number of ether oxygens (including phenoxy) is 1. The van der Waals surface area contributed by atoms with E-state index in [1.807, 2.05) is 12.3 Å². The van der Waals surface area contributed by atoms with Crippen LogP contribution < -0.4 is 0 Å². The first-order valence-corrected chi connectivity index (χ1v) is 3.61. The molecule has 0 aromatic carbocycles. The molecule has 0 bridgehead atoms. The molecule has 1 radical (unpaired) electrons. The summed E-state index contributed by atoms with van der Waals surface area (Å²) in [7, 11) is 0. The van der Waals surface area contributed by atoms with Gasteiger partial charge in [-0.15, -0.1) is 11.3 Å². The second-order valence-corrected chi connectivity index (χ2v) is 2.79. The smallest absolute Gasteiger partial charge is 0.417 e. The van der Waals surface area contributed by atoms with E-state index in [1.165, 1.54) is 17.8 Å². The van der Waals surface area contributed by atoms with Crippen molar-refractivity contribution in [3.8, 4) is 0 Å². The molecule has 0 fully saturated rings. The van der Waals surface area contributed by atoms with Crippen LogP contribution in [0.25, 0.3) is 0 Å². The van der Waals surface area contributed by atoms with Gasteiger partial charge in [0.2, 0.25) is 0 Å². The van der Waals surface area contributed by atoms with E-state index in [-0.39, 0.29) is 6.61 Å². The largest absolute Gasteiger partial charge is 0.451 e. The zero-order valence-electron chi connectivity index (χ0n) is 5.46. The van der Waals surface area contributed by atoms with E-state index in [2.05, 4.69) is 9.72 Å².